The summed E-state index contributed by atoms with van der Waals surface area (Å²) in [7, 11) is 4.49. The van der Waals surface area contributed by atoms with Crippen molar-refractivity contribution in [3.05, 3.63) is 24.7 Å². The maximum absolute atomic E-state index is 4.49. The van der Waals surface area contributed by atoms with Gasteiger partial charge in [0.2, 0.25) is 0 Å². The van der Waals surface area contributed by atoms with E-state index in [2.05, 4.69) is 38.4 Å². The van der Waals surface area contributed by atoms with E-state index in [9.17, 15) is 0 Å². The van der Waals surface area contributed by atoms with Gasteiger partial charge >= 0.3 is 27.7 Å². The van der Waals surface area contributed by atoms with Crippen LogP contribution in [0, 0.1) is 6.26 Å². The Kier molecular flexibility index (Phi) is 6.44. The van der Waals surface area contributed by atoms with Crippen LogP contribution in [0.1, 0.15) is 0 Å². The van der Waals surface area contributed by atoms with Crippen molar-refractivity contribution in [2.45, 2.75) is 0 Å². The quantitative estimate of drug-likeness (QED) is 0.468. The second-order valence-electron chi connectivity index (χ2n) is 0.731. The van der Waals surface area contributed by atoms with Crippen molar-refractivity contribution in [1.82, 2.24) is 0 Å². The van der Waals surface area contributed by atoms with Crippen LogP contribution in [0.4, 0.5) is 0 Å². The molecule has 1 aromatic heterocycles. The molecule has 0 bridgehead atoms. The molecule has 0 saturated heterocycles. The van der Waals surface area contributed by atoms with Gasteiger partial charge < -0.3 is 4.42 Å². The summed E-state index contributed by atoms with van der Waals surface area (Å²) in [5.41, 5.74) is 0. The zero-order chi connectivity index (χ0) is 5.54. The van der Waals surface area contributed by atoms with Gasteiger partial charge in [-0.05, 0) is 6.26 Å². The van der Waals surface area contributed by atoms with E-state index in [0.717, 1.165) is 0 Å². The van der Waals surface area contributed by atoms with Crippen LogP contribution >= 0.6 is 9.53 Å². The van der Waals surface area contributed by atoms with Gasteiger partial charge in [-0.2, -0.15) is 6.07 Å². The predicted molar refractivity (Wildman–Crippen MR) is 23.4 cm³/mol. The summed E-state index contributed by atoms with van der Waals surface area (Å²) >= 11 is 2.22. The van der Waals surface area contributed by atoms with Crippen molar-refractivity contribution in [1.29, 1.82) is 0 Å². The normalized spacial score (nSPS) is 6.71. The molecule has 0 amide bonds. The first-order chi connectivity index (χ1) is 3.50. The summed E-state index contributed by atoms with van der Waals surface area (Å²) in [6.45, 7) is 0. The van der Waals surface area contributed by atoms with E-state index in [1.165, 1.54) is 0 Å². The first-order valence-corrected chi connectivity index (χ1v) is 3.52. The molecule has 0 N–H and O–H groups in total. The summed E-state index contributed by atoms with van der Waals surface area (Å²) in [6.07, 6.45) is 4.06. The standard InChI is InChI=1S/C4H3O.ClH.Pd/c1-2-4-5-3-1;;/h1-3H;1H;/q-1;;+2/p-1. The van der Waals surface area contributed by atoms with Gasteiger partial charge in [-0.25, -0.2) is 0 Å². The van der Waals surface area contributed by atoms with Crippen LogP contribution < -0.4 is 0 Å². The van der Waals surface area contributed by atoms with Gasteiger partial charge in [0.25, 0.3) is 0 Å². The molecular formula is C4H3ClOPd. The predicted octanol–water partition coefficient (Wildman–Crippen LogP) is 1.77. The van der Waals surface area contributed by atoms with E-state index < -0.39 is 0 Å². The number of halogens is 1. The topological polar surface area (TPSA) is 13.1 Å². The van der Waals surface area contributed by atoms with Crippen molar-refractivity contribution in [2.24, 2.45) is 0 Å². The van der Waals surface area contributed by atoms with E-state index in [1.807, 2.05) is 0 Å². The van der Waals surface area contributed by atoms with E-state index in [0.29, 0.717) is 0 Å². The average Bonchev–Trinajstić information content (AvgIpc) is 2.23. The third kappa shape index (κ3) is 4.08. The van der Waals surface area contributed by atoms with E-state index in [1.54, 1.807) is 18.4 Å². The van der Waals surface area contributed by atoms with Crippen LogP contribution in [0.5, 0.6) is 0 Å². The summed E-state index contributed by atoms with van der Waals surface area (Å²) in [4.78, 5) is 0. The maximum atomic E-state index is 4.49. The Labute approximate surface area is 57.0 Å². The molecule has 0 aliphatic heterocycles. The molecule has 1 heterocycles. The largest absolute Gasteiger partial charge is 0.599 e. The van der Waals surface area contributed by atoms with Crippen LogP contribution in [0.15, 0.2) is 22.8 Å². The molecule has 0 radical (unpaired) electrons. The average molecular weight is 209 g/mol. The Hall–Kier alpha value is 0.232. The Morgan fingerprint density at radius 2 is 2.29 bits per heavy atom. The van der Waals surface area contributed by atoms with Crippen LogP contribution in [0.2, 0.25) is 0 Å². The van der Waals surface area contributed by atoms with Crippen LogP contribution in [0.25, 0.3) is 0 Å². The molecule has 7 heavy (non-hydrogen) atoms. The fourth-order valence-corrected chi connectivity index (χ4v) is 0.196. The minimum absolute atomic E-state index is 1.57. The molecule has 0 aliphatic rings. The maximum Gasteiger partial charge on any atom is -0.00853 e. The summed E-state index contributed by atoms with van der Waals surface area (Å²) < 4.78 is 4.46. The monoisotopic (exact) mass is 208 g/mol. The van der Waals surface area contributed by atoms with Gasteiger partial charge in [-0.3, -0.25) is 0 Å². The van der Waals surface area contributed by atoms with Crippen molar-refractivity contribution < 1.29 is 22.6 Å². The number of furan rings is 1. The summed E-state index contributed by atoms with van der Waals surface area (Å²) in [5, 5.41) is 0. The molecule has 0 spiro atoms. The Balaban J connectivity index is 0.000000162. The van der Waals surface area contributed by atoms with Crippen LogP contribution in [-0.4, -0.2) is 0 Å². The number of hydrogen-bond acceptors (Lipinski definition) is 1. The van der Waals surface area contributed by atoms with E-state index in [-0.39, 0.29) is 0 Å². The SMILES string of the molecule is [Cl][Pd+].[c-]1ccco1. The molecule has 0 unspecified atom stereocenters. The van der Waals surface area contributed by atoms with Crippen molar-refractivity contribution >= 4 is 9.53 Å². The molecule has 0 fully saturated rings. The molecule has 1 aromatic rings. The summed E-state index contributed by atoms with van der Waals surface area (Å²) in [6, 6.07) is 3.49. The third-order valence-corrected chi connectivity index (χ3v) is 0.379. The van der Waals surface area contributed by atoms with E-state index in [4.69, 9.17) is 0 Å². The fraction of sp³-hybridized carbons (Fsp3) is 0. The van der Waals surface area contributed by atoms with Gasteiger partial charge in [0.15, 0.2) is 0 Å². The smallest absolute Gasteiger partial charge is 0.00853 e. The minimum Gasteiger partial charge on any atom is -0.599 e. The number of hydrogen-bond donors (Lipinski definition) is 0. The molecule has 0 aromatic carbocycles. The molecule has 0 aliphatic carbocycles. The van der Waals surface area contributed by atoms with Gasteiger partial charge in [0, 0.05) is 0 Å². The van der Waals surface area contributed by atoms with E-state index >= 15 is 0 Å². The Bertz CT molecular complexity index is 68.2. The van der Waals surface area contributed by atoms with Gasteiger partial charge in [0.1, 0.15) is 0 Å². The zero-order valence-corrected chi connectivity index (χ0v) is 5.65. The molecule has 3 heteroatoms. The minimum atomic E-state index is 1.57. The van der Waals surface area contributed by atoms with Crippen molar-refractivity contribution in [3.8, 4) is 0 Å². The molecule has 0 atom stereocenters. The third-order valence-electron chi connectivity index (χ3n) is 0.379. The molecule has 0 saturated carbocycles. The Morgan fingerprint density at radius 1 is 1.57 bits per heavy atom. The second kappa shape index (κ2) is 6.23. The molecule has 1 rings (SSSR count). The first kappa shape index (κ1) is 7.23. The second-order valence-corrected chi connectivity index (χ2v) is 0.731. The molecule has 1 nitrogen and oxygen atoms in total. The van der Waals surface area contributed by atoms with Crippen LogP contribution in [-0.2, 0) is 18.2 Å². The van der Waals surface area contributed by atoms with Gasteiger partial charge in [-0.15, -0.1) is 6.07 Å². The molecular weight excluding hydrogens is 206 g/mol. The molecule has 42 valence electrons. The number of rotatable bonds is 0. The van der Waals surface area contributed by atoms with Crippen molar-refractivity contribution in [3.63, 3.8) is 0 Å². The van der Waals surface area contributed by atoms with Gasteiger partial charge in [0.05, 0.1) is 0 Å². The zero-order valence-electron chi connectivity index (χ0n) is 3.33. The van der Waals surface area contributed by atoms with Crippen LogP contribution in [0.3, 0.4) is 0 Å². The Morgan fingerprint density at radius 3 is 2.43 bits per heavy atom. The van der Waals surface area contributed by atoms with Gasteiger partial charge in [-0.1, -0.05) is 6.26 Å². The first-order valence-electron chi connectivity index (χ1n) is 1.51. The fourth-order valence-electron chi connectivity index (χ4n) is 0.196. The summed E-state index contributed by atoms with van der Waals surface area (Å²) in [5.74, 6) is 0. The van der Waals surface area contributed by atoms with Crippen molar-refractivity contribution in [2.75, 3.05) is 0 Å².